The standard InChI is InChI=1S/C12H28N2OSi/c1-12(2,3)16(4,5)15-11-7-9(13)6-10(14)8-11/h9-11H,6-8,13-14H2,1-5H3/t9-,10+,11-. The summed E-state index contributed by atoms with van der Waals surface area (Å²) in [6.45, 7) is 11.4. The molecule has 0 heterocycles. The van der Waals surface area contributed by atoms with Gasteiger partial charge >= 0.3 is 0 Å². The van der Waals surface area contributed by atoms with Gasteiger partial charge in [-0.1, -0.05) is 20.8 Å². The van der Waals surface area contributed by atoms with Crippen LogP contribution in [-0.2, 0) is 4.43 Å². The summed E-state index contributed by atoms with van der Waals surface area (Å²) >= 11 is 0. The Morgan fingerprint density at radius 1 is 1.00 bits per heavy atom. The molecule has 0 radical (unpaired) electrons. The van der Waals surface area contributed by atoms with Gasteiger partial charge in [-0.2, -0.15) is 0 Å². The summed E-state index contributed by atoms with van der Waals surface area (Å²) in [5, 5.41) is 0.263. The SMILES string of the molecule is CC(C)(C)[Si](C)(C)O[C@@H]1C[C@H](N)C[C@H](N)C1. The van der Waals surface area contributed by atoms with E-state index in [0.29, 0.717) is 0 Å². The lowest BCUT2D eigenvalue weighted by Gasteiger charge is -2.42. The van der Waals surface area contributed by atoms with Gasteiger partial charge in [0.05, 0.1) is 0 Å². The highest BCUT2D eigenvalue weighted by Crippen LogP contribution is 2.38. The molecule has 0 amide bonds. The molecule has 0 saturated heterocycles. The first-order valence-corrected chi connectivity index (χ1v) is 9.21. The lowest BCUT2D eigenvalue weighted by Crippen LogP contribution is -2.49. The molecular formula is C12H28N2OSi. The van der Waals surface area contributed by atoms with E-state index in [1.54, 1.807) is 0 Å². The quantitative estimate of drug-likeness (QED) is 0.732. The van der Waals surface area contributed by atoms with E-state index in [0.717, 1.165) is 19.3 Å². The minimum Gasteiger partial charge on any atom is -0.414 e. The first-order chi connectivity index (χ1) is 7.12. The third-order valence-corrected chi connectivity index (χ3v) is 8.54. The van der Waals surface area contributed by atoms with E-state index in [1.165, 1.54) is 0 Å². The van der Waals surface area contributed by atoms with Crippen LogP contribution < -0.4 is 11.5 Å². The fourth-order valence-corrected chi connectivity index (χ4v) is 3.42. The highest BCUT2D eigenvalue weighted by molar-refractivity contribution is 6.74. The van der Waals surface area contributed by atoms with Crippen LogP contribution in [0.15, 0.2) is 0 Å². The summed E-state index contributed by atoms with van der Waals surface area (Å²) in [6, 6.07) is 0.442. The predicted molar refractivity (Wildman–Crippen MR) is 71.9 cm³/mol. The minimum atomic E-state index is -1.66. The summed E-state index contributed by atoms with van der Waals surface area (Å²) in [6.07, 6.45) is 3.16. The van der Waals surface area contributed by atoms with Crippen LogP contribution in [0, 0.1) is 0 Å². The number of hydrogen-bond donors (Lipinski definition) is 2. The van der Waals surface area contributed by atoms with Gasteiger partial charge in [0.25, 0.3) is 0 Å². The van der Waals surface area contributed by atoms with E-state index in [1.807, 2.05) is 0 Å². The summed E-state index contributed by atoms with van der Waals surface area (Å²) < 4.78 is 6.36. The van der Waals surface area contributed by atoms with Gasteiger partial charge in [-0.05, 0) is 37.4 Å². The maximum absolute atomic E-state index is 6.36. The summed E-state index contributed by atoms with van der Waals surface area (Å²) in [4.78, 5) is 0. The topological polar surface area (TPSA) is 61.3 Å². The lowest BCUT2D eigenvalue weighted by molar-refractivity contribution is 0.118. The van der Waals surface area contributed by atoms with Crippen LogP contribution in [0.25, 0.3) is 0 Å². The van der Waals surface area contributed by atoms with E-state index in [2.05, 4.69) is 33.9 Å². The molecule has 1 aliphatic carbocycles. The molecule has 0 aromatic carbocycles. The van der Waals surface area contributed by atoms with Crippen molar-refractivity contribution >= 4 is 8.32 Å². The summed E-state index contributed by atoms with van der Waals surface area (Å²) in [5.74, 6) is 0. The molecule has 1 rings (SSSR count). The number of nitrogens with two attached hydrogens (primary N) is 2. The molecule has 0 aromatic rings. The Labute approximate surface area is 101 Å². The maximum atomic E-state index is 6.36. The van der Waals surface area contributed by atoms with Gasteiger partial charge in [-0.25, -0.2) is 0 Å². The van der Waals surface area contributed by atoms with Crippen LogP contribution in [0.5, 0.6) is 0 Å². The molecule has 0 spiro atoms. The number of hydrogen-bond acceptors (Lipinski definition) is 3. The van der Waals surface area contributed by atoms with Crippen molar-refractivity contribution in [3.8, 4) is 0 Å². The van der Waals surface area contributed by atoms with E-state index in [-0.39, 0.29) is 23.2 Å². The molecule has 1 fully saturated rings. The van der Waals surface area contributed by atoms with Gasteiger partial charge in [-0.3, -0.25) is 0 Å². The van der Waals surface area contributed by atoms with E-state index in [4.69, 9.17) is 15.9 Å². The molecule has 96 valence electrons. The van der Waals surface area contributed by atoms with Gasteiger partial charge in [0.2, 0.25) is 0 Å². The van der Waals surface area contributed by atoms with Crippen molar-refractivity contribution in [3.63, 3.8) is 0 Å². The monoisotopic (exact) mass is 244 g/mol. The zero-order valence-electron chi connectivity index (χ0n) is 11.4. The van der Waals surface area contributed by atoms with E-state index >= 15 is 0 Å². The molecule has 0 aliphatic heterocycles. The second-order valence-electron chi connectivity index (χ2n) is 6.73. The Balaban J connectivity index is 2.60. The molecule has 0 bridgehead atoms. The van der Waals surface area contributed by atoms with E-state index < -0.39 is 8.32 Å². The van der Waals surface area contributed by atoms with Crippen LogP contribution in [-0.4, -0.2) is 26.5 Å². The van der Waals surface area contributed by atoms with Gasteiger partial charge in [0.1, 0.15) is 0 Å². The zero-order chi connectivity index (χ0) is 12.6. The van der Waals surface area contributed by atoms with E-state index in [9.17, 15) is 0 Å². The van der Waals surface area contributed by atoms with Gasteiger partial charge in [0, 0.05) is 18.2 Å². The molecule has 4 heteroatoms. The predicted octanol–water partition coefficient (Wildman–Crippen LogP) is 2.22. The maximum Gasteiger partial charge on any atom is 0.192 e. The second kappa shape index (κ2) is 4.76. The van der Waals surface area contributed by atoms with Crippen molar-refractivity contribution < 1.29 is 4.43 Å². The number of rotatable bonds is 2. The van der Waals surface area contributed by atoms with Crippen molar-refractivity contribution in [2.75, 3.05) is 0 Å². The molecule has 3 atom stereocenters. The Bertz CT molecular complexity index is 228. The van der Waals surface area contributed by atoms with Crippen LogP contribution in [0.1, 0.15) is 40.0 Å². The van der Waals surface area contributed by atoms with Gasteiger partial charge in [-0.15, -0.1) is 0 Å². The average molecular weight is 244 g/mol. The van der Waals surface area contributed by atoms with Crippen molar-refractivity contribution in [1.82, 2.24) is 0 Å². The van der Waals surface area contributed by atoms with Crippen LogP contribution in [0.4, 0.5) is 0 Å². The first-order valence-electron chi connectivity index (χ1n) is 6.31. The van der Waals surface area contributed by atoms with Crippen molar-refractivity contribution in [1.29, 1.82) is 0 Å². The second-order valence-corrected chi connectivity index (χ2v) is 11.5. The molecule has 4 N–H and O–H groups in total. The van der Waals surface area contributed by atoms with Crippen LogP contribution in [0.3, 0.4) is 0 Å². The van der Waals surface area contributed by atoms with Crippen molar-refractivity contribution in [3.05, 3.63) is 0 Å². The van der Waals surface area contributed by atoms with Gasteiger partial charge in [0.15, 0.2) is 8.32 Å². The molecule has 0 unspecified atom stereocenters. The Kier molecular flexibility index (Phi) is 4.22. The molecule has 1 aliphatic rings. The average Bonchev–Trinajstić information content (AvgIpc) is 1.97. The molecule has 3 nitrogen and oxygen atoms in total. The molecule has 16 heavy (non-hydrogen) atoms. The Morgan fingerprint density at radius 3 is 1.81 bits per heavy atom. The van der Waals surface area contributed by atoms with Crippen molar-refractivity contribution in [2.45, 2.75) is 76.4 Å². The Hall–Kier alpha value is 0.0969. The molecule has 0 aromatic heterocycles. The highest BCUT2D eigenvalue weighted by atomic mass is 28.4. The van der Waals surface area contributed by atoms with Crippen LogP contribution >= 0.6 is 0 Å². The largest absolute Gasteiger partial charge is 0.414 e. The smallest absolute Gasteiger partial charge is 0.192 e. The van der Waals surface area contributed by atoms with Gasteiger partial charge < -0.3 is 15.9 Å². The third kappa shape index (κ3) is 3.55. The fraction of sp³-hybridized carbons (Fsp3) is 1.00. The summed E-state index contributed by atoms with van der Waals surface area (Å²) in [5.41, 5.74) is 12.0. The first kappa shape index (κ1) is 14.2. The lowest BCUT2D eigenvalue weighted by atomic mass is 9.90. The highest BCUT2D eigenvalue weighted by Gasteiger charge is 2.40. The zero-order valence-corrected chi connectivity index (χ0v) is 12.4. The third-order valence-electron chi connectivity index (χ3n) is 4.00. The molecule has 1 saturated carbocycles. The van der Waals surface area contributed by atoms with Crippen LogP contribution in [0.2, 0.25) is 18.1 Å². The summed E-state index contributed by atoms with van der Waals surface area (Å²) in [7, 11) is -1.66. The van der Waals surface area contributed by atoms with Crippen molar-refractivity contribution in [2.24, 2.45) is 11.5 Å². The fourth-order valence-electron chi connectivity index (χ4n) is 2.04. The Morgan fingerprint density at radius 2 is 1.44 bits per heavy atom. The normalized spacial score (nSPS) is 32.8. The minimum absolute atomic E-state index is 0.221. The molecular weight excluding hydrogens is 216 g/mol.